The molecule has 4 rings (SSSR count). The highest BCUT2D eigenvalue weighted by Crippen LogP contribution is 2.22. The topological polar surface area (TPSA) is 125 Å². The van der Waals surface area contributed by atoms with E-state index in [4.69, 9.17) is 5.11 Å². The zero-order valence-electron chi connectivity index (χ0n) is 17.0. The van der Waals surface area contributed by atoms with Crippen molar-refractivity contribution < 1.29 is 19.5 Å². The first-order chi connectivity index (χ1) is 15.0. The molecular formula is C22H23N5O4. The second-order valence-corrected chi connectivity index (χ2v) is 7.43. The number of benzene rings is 2. The van der Waals surface area contributed by atoms with Crippen molar-refractivity contribution in [2.75, 3.05) is 17.2 Å². The van der Waals surface area contributed by atoms with Gasteiger partial charge in [0.05, 0.1) is 28.7 Å². The third-order valence-corrected chi connectivity index (χ3v) is 5.26. The number of carbonyl (C=O) groups excluding carboxylic acids is 3. The first kappa shape index (κ1) is 20.5. The fraction of sp³-hybridized carbons (Fsp3) is 0.273. The smallest absolute Gasteiger partial charge is 0.254 e. The maximum atomic E-state index is 12.6. The molecule has 160 valence electrons. The van der Waals surface area contributed by atoms with Crippen molar-refractivity contribution in [2.24, 2.45) is 7.05 Å². The van der Waals surface area contributed by atoms with Crippen LogP contribution in [0.4, 0.5) is 11.4 Å². The number of hydrogen-bond donors (Lipinski definition) is 4. The third-order valence-electron chi connectivity index (χ3n) is 5.26. The van der Waals surface area contributed by atoms with Crippen LogP contribution in [0.5, 0.6) is 0 Å². The molecule has 2 aromatic carbocycles. The lowest BCUT2D eigenvalue weighted by molar-refractivity contribution is -0.122. The second kappa shape index (κ2) is 8.57. The SMILES string of the molecule is Cn1c(CCCO)nc2cc(NC(=O)CC3NC(=O)c4ccccc4NC3=O)ccc21. The Balaban J connectivity index is 1.45. The summed E-state index contributed by atoms with van der Waals surface area (Å²) < 4.78 is 1.96. The molecule has 0 fully saturated rings. The van der Waals surface area contributed by atoms with Crippen LogP contribution in [-0.2, 0) is 23.1 Å². The van der Waals surface area contributed by atoms with Gasteiger partial charge in [0.15, 0.2) is 0 Å². The van der Waals surface area contributed by atoms with Crippen LogP contribution in [0, 0.1) is 0 Å². The van der Waals surface area contributed by atoms with Gasteiger partial charge in [-0.05, 0) is 36.8 Å². The lowest BCUT2D eigenvalue weighted by Gasteiger charge is -2.14. The predicted molar refractivity (Wildman–Crippen MR) is 116 cm³/mol. The molecular weight excluding hydrogens is 398 g/mol. The summed E-state index contributed by atoms with van der Waals surface area (Å²) in [6.07, 6.45) is 1.08. The maximum absolute atomic E-state index is 12.6. The Morgan fingerprint density at radius 3 is 2.84 bits per heavy atom. The molecule has 9 nitrogen and oxygen atoms in total. The van der Waals surface area contributed by atoms with E-state index in [-0.39, 0.29) is 13.0 Å². The molecule has 2 heterocycles. The van der Waals surface area contributed by atoms with Crippen LogP contribution in [0.2, 0.25) is 0 Å². The monoisotopic (exact) mass is 421 g/mol. The molecule has 0 radical (unpaired) electrons. The quantitative estimate of drug-likeness (QED) is 0.481. The second-order valence-electron chi connectivity index (χ2n) is 7.43. The van der Waals surface area contributed by atoms with Crippen LogP contribution in [-0.4, -0.2) is 45.0 Å². The Morgan fingerprint density at radius 2 is 2.03 bits per heavy atom. The number of nitrogens with one attached hydrogen (secondary N) is 3. The number of imidazole rings is 1. The van der Waals surface area contributed by atoms with Crippen LogP contribution in [0.25, 0.3) is 11.0 Å². The number of hydrogen-bond acceptors (Lipinski definition) is 5. The van der Waals surface area contributed by atoms with Crippen LogP contribution < -0.4 is 16.0 Å². The number of rotatable bonds is 6. The molecule has 3 amide bonds. The molecule has 0 aliphatic carbocycles. The average Bonchev–Trinajstić information content (AvgIpc) is 3.00. The van der Waals surface area contributed by atoms with Gasteiger partial charge in [0.25, 0.3) is 5.91 Å². The van der Waals surface area contributed by atoms with Crippen LogP contribution in [0.1, 0.15) is 29.0 Å². The Morgan fingerprint density at radius 1 is 1.23 bits per heavy atom. The summed E-state index contributed by atoms with van der Waals surface area (Å²) in [7, 11) is 1.91. The number of amides is 3. The fourth-order valence-corrected chi connectivity index (χ4v) is 3.64. The molecule has 0 saturated heterocycles. The minimum absolute atomic E-state index is 0.0981. The lowest BCUT2D eigenvalue weighted by atomic mass is 10.1. The normalized spacial score (nSPS) is 15.7. The van der Waals surface area contributed by atoms with Gasteiger partial charge in [0.1, 0.15) is 11.9 Å². The summed E-state index contributed by atoms with van der Waals surface area (Å²) in [6, 6.07) is 11.1. The first-order valence-corrected chi connectivity index (χ1v) is 10.0. The Labute approximate surface area is 178 Å². The molecule has 4 N–H and O–H groups in total. The molecule has 9 heteroatoms. The molecule has 3 aromatic rings. The third kappa shape index (κ3) is 4.26. The highest BCUT2D eigenvalue weighted by Gasteiger charge is 2.29. The van der Waals surface area contributed by atoms with Crippen LogP contribution in [0.15, 0.2) is 42.5 Å². The number of anilines is 2. The zero-order valence-corrected chi connectivity index (χ0v) is 17.0. The molecule has 0 spiro atoms. The van der Waals surface area contributed by atoms with Gasteiger partial charge in [-0.25, -0.2) is 4.98 Å². The molecule has 0 bridgehead atoms. The molecule has 31 heavy (non-hydrogen) atoms. The summed E-state index contributed by atoms with van der Waals surface area (Å²) in [5, 5.41) is 17.1. The number of fused-ring (bicyclic) bond motifs is 2. The van der Waals surface area contributed by atoms with E-state index in [2.05, 4.69) is 20.9 Å². The Hall–Kier alpha value is -3.72. The number of nitrogens with zero attached hydrogens (tertiary/aromatic N) is 2. The van der Waals surface area contributed by atoms with E-state index in [9.17, 15) is 14.4 Å². The minimum atomic E-state index is -0.983. The van der Waals surface area contributed by atoms with E-state index in [1.807, 2.05) is 17.7 Å². The number of aliphatic hydroxyl groups is 1. The van der Waals surface area contributed by atoms with Crippen molar-refractivity contribution in [1.29, 1.82) is 0 Å². The number of carbonyl (C=O) groups is 3. The van der Waals surface area contributed by atoms with Crippen LogP contribution >= 0.6 is 0 Å². The highest BCUT2D eigenvalue weighted by atomic mass is 16.3. The van der Waals surface area contributed by atoms with E-state index >= 15 is 0 Å². The number of aromatic nitrogens is 2. The van der Waals surface area contributed by atoms with Gasteiger partial charge in [0, 0.05) is 25.8 Å². The van der Waals surface area contributed by atoms with Gasteiger partial charge in [-0.2, -0.15) is 0 Å². The standard InChI is InChI=1S/C22H23N5O4/c1-27-18-9-8-13(11-16(18)24-19(27)7-4-10-28)23-20(29)12-17-22(31)25-15-6-3-2-5-14(15)21(30)26-17/h2-3,5-6,8-9,11,17,28H,4,7,10,12H2,1H3,(H,23,29)(H,25,31)(H,26,30). The molecule has 1 aliphatic heterocycles. The molecule has 1 unspecified atom stereocenters. The van der Waals surface area contributed by atoms with E-state index in [1.165, 1.54) is 0 Å². The van der Waals surface area contributed by atoms with Crippen molar-refractivity contribution in [3.63, 3.8) is 0 Å². The molecule has 0 saturated carbocycles. The summed E-state index contributed by atoms with van der Waals surface area (Å²) in [5.41, 5.74) is 2.97. The van der Waals surface area contributed by atoms with E-state index in [0.717, 1.165) is 16.9 Å². The predicted octanol–water partition coefficient (Wildman–Crippen LogP) is 1.58. The fourth-order valence-electron chi connectivity index (χ4n) is 3.64. The van der Waals surface area contributed by atoms with E-state index < -0.39 is 23.8 Å². The summed E-state index contributed by atoms with van der Waals surface area (Å²) in [6.45, 7) is 0.0981. The highest BCUT2D eigenvalue weighted by molar-refractivity contribution is 6.11. The van der Waals surface area contributed by atoms with Crippen molar-refractivity contribution in [3.8, 4) is 0 Å². The van der Waals surface area contributed by atoms with Crippen LogP contribution in [0.3, 0.4) is 0 Å². The van der Waals surface area contributed by atoms with Gasteiger partial charge in [0.2, 0.25) is 11.8 Å². The zero-order chi connectivity index (χ0) is 22.0. The van der Waals surface area contributed by atoms with Gasteiger partial charge in [-0.3, -0.25) is 14.4 Å². The largest absolute Gasteiger partial charge is 0.396 e. The van der Waals surface area contributed by atoms with E-state index in [0.29, 0.717) is 29.8 Å². The average molecular weight is 421 g/mol. The summed E-state index contributed by atoms with van der Waals surface area (Å²) in [5.74, 6) is -0.397. The van der Waals surface area contributed by atoms with Crippen molar-refractivity contribution in [2.45, 2.75) is 25.3 Å². The summed E-state index contributed by atoms with van der Waals surface area (Å²) in [4.78, 5) is 42.0. The van der Waals surface area contributed by atoms with Gasteiger partial charge >= 0.3 is 0 Å². The summed E-state index contributed by atoms with van der Waals surface area (Å²) >= 11 is 0. The van der Waals surface area contributed by atoms with Gasteiger partial charge < -0.3 is 25.6 Å². The van der Waals surface area contributed by atoms with Gasteiger partial charge in [-0.15, -0.1) is 0 Å². The number of aryl methyl sites for hydroxylation is 2. The number of aliphatic hydroxyl groups excluding tert-OH is 1. The Bertz CT molecular complexity index is 1170. The van der Waals surface area contributed by atoms with Crippen molar-refractivity contribution >= 4 is 40.1 Å². The molecule has 1 atom stereocenters. The Kier molecular flexibility index (Phi) is 5.68. The lowest BCUT2D eigenvalue weighted by Crippen LogP contribution is -2.43. The van der Waals surface area contributed by atoms with Crippen molar-refractivity contribution in [1.82, 2.24) is 14.9 Å². The maximum Gasteiger partial charge on any atom is 0.254 e. The minimum Gasteiger partial charge on any atom is -0.396 e. The van der Waals surface area contributed by atoms with E-state index in [1.54, 1.807) is 36.4 Å². The molecule has 1 aromatic heterocycles. The first-order valence-electron chi connectivity index (χ1n) is 10.0. The van der Waals surface area contributed by atoms with Gasteiger partial charge in [-0.1, -0.05) is 12.1 Å². The molecule has 1 aliphatic rings. The van der Waals surface area contributed by atoms with Crippen molar-refractivity contribution in [3.05, 3.63) is 53.9 Å². The number of para-hydroxylation sites is 1.